The molecule has 150 valence electrons. The van der Waals surface area contributed by atoms with Crippen LogP contribution in [-0.2, 0) is 19.9 Å². The number of nitrogens with zero attached hydrogens (tertiary/aromatic N) is 4. The van der Waals surface area contributed by atoms with Gasteiger partial charge in [-0.05, 0) is 55.0 Å². The van der Waals surface area contributed by atoms with E-state index in [1.54, 1.807) is 0 Å². The molecule has 5 nitrogen and oxygen atoms in total. The Bertz CT molecular complexity index is 697. The molecule has 3 rings (SSSR count). The molecule has 0 aromatic carbocycles. The van der Waals surface area contributed by atoms with E-state index in [1.807, 2.05) is 29.3 Å². The van der Waals surface area contributed by atoms with Gasteiger partial charge in [0.05, 0.1) is 6.20 Å². The number of rotatable bonds is 7. The van der Waals surface area contributed by atoms with Crippen molar-refractivity contribution in [1.82, 2.24) is 20.0 Å². The second-order valence-electron chi connectivity index (χ2n) is 7.41. The van der Waals surface area contributed by atoms with Gasteiger partial charge in [-0.3, -0.25) is 9.67 Å². The quantitative estimate of drug-likeness (QED) is 0.357. The molecular formula is C20H32IN5S. The van der Waals surface area contributed by atoms with E-state index in [2.05, 4.69) is 52.9 Å². The number of nitrogens with one attached hydrogen (secondary N) is 1. The van der Waals surface area contributed by atoms with E-state index in [9.17, 15) is 0 Å². The van der Waals surface area contributed by atoms with Crippen molar-refractivity contribution in [1.29, 1.82) is 0 Å². The van der Waals surface area contributed by atoms with Crippen molar-refractivity contribution in [3.05, 3.63) is 40.3 Å². The van der Waals surface area contributed by atoms with Gasteiger partial charge in [0.25, 0.3) is 0 Å². The van der Waals surface area contributed by atoms with Gasteiger partial charge in [0.2, 0.25) is 0 Å². The zero-order valence-corrected chi connectivity index (χ0v) is 19.7. The Morgan fingerprint density at radius 3 is 3.00 bits per heavy atom. The summed E-state index contributed by atoms with van der Waals surface area (Å²) in [7, 11) is 1.98. The highest BCUT2D eigenvalue weighted by atomic mass is 127. The van der Waals surface area contributed by atoms with E-state index in [0.29, 0.717) is 11.8 Å². The molecule has 1 N–H and O–H groups in total. The molecule has 0 saturated carbocycles. The Labute approximate surface area is 184 Å². The van der Waals surface area contributed by atoms with Gasteiger partial charge in [0.15, 0.2) is 5.96 Å². The molecule has 0 bridgehead atoms. The average molecular weight is 501 g/mol. The molecule has 3 heterocycles. The third-order valence-corrected chi connectivity index (χ3v) is 5.78. The van der Waals surface area contributed by atoms with Gasteiger partial charge in [-0.15, -0.1) is 35.3 Å². The minimum atomic E-state index is 0. The van der Waals surface area contributed by atoms with Gasteiger partial charge in [0, 0.05) is 44.3 Å². The normalized spacial score (nSPS) is 18.4. The number of thiophene rings is 1. The molecule has 1 aliphatic heterocycles. The SMILES string of the molecule is CCNC(=NCC(C)Cc1cccs1)N1CCC(Cc2cnn(C)c2)C1.I. The number of aryl methyl sites for hydroxylation is 1. The first-order chi connectivity index (χ1) is 12.6. The van der Waals surface area contributed by atoms with Crippen LogP contribution in [0.1, 0.15) is 30.7 Å². The molecule has 1 fully saturated rings. The maximum atomic E-state index is 4.94. The van der Waals surface area contributed by atoms with Crippen molar-refractivity contribution in [3.8, 4) is 0 Å². The smallest absolute Gasteiger partial charge is 0.193 e. The minimum Gasteiger partial charge on any atom is -0.357 e. The highest BCUT2D eigenvalue weighted by Crippen LogP contribution is 2.21. The van der Waals surface area contributed by atoms with Gasteiger partial charge in [-0.25, -0.2) is 0 Å². The molecule has 27 heavy (non-hydrogen) atoms. The molecule has 7 heteroatoms. The number of hydrogen-bond donors (Lipinski definition) is 1. The summed E-state index contributed by atoms with van der Waals surface area (Å²) in [6.45, 7) is 8.41. The number of aromatic nitrogens is 2. The second-order valence-corrected chi connectivity index (χ2v) is 8.44. The van der Waals surface area contributed by atoms with Gasteiger partial charge in [0.1, 0.15) is 0 Å². The van der Waals surface area contributed by atoms with Crippen LogP contribution in [0.4, 0.5) is 0 Å². The lowest BCUT2D eigenvalue weighted by molar-refractivity contribution is 0.456. The van der Waals surface area contributed by atoms with Crippen molar-refractivity contribution < 1.29 is 0 Å². The Morgan fingerprint density at radius 2 is 2.33 bits per heavy atom. The summed E-state index contributed by atoms with van der Waals surface area (Å²) in [5.41, 5.74) is 1.34. The van der Waals surface area contributed by atoms with Crippen molar-refractivity contribution >= 4 is 41.3 Å². The van der Waals surface area contributed by atoms with Crippen molar-refractivity contribution in [2.24, 2.45) is 23.9 Å². The van der Waals surface area contributed by atoms with E-state index in [-0.39, 0.29) is 24.0 Å². The van der Waals surface area contributed by atoms with Crippen molar-refractivity contribution in [3.63, 3.8) is 0 Å². The summed E-state index contributed by atoms with van der Waals surface area (Å²) in [4.78, 5) is 8.83. The standard InChI is InChI=1S/C20H31N5S.HI/c1-4-21-20(22-12-16(2)10-19-6-5-9-26-19)25-8-7-17(15-25)11-18-13-23-24(3)14-18;/h5-6,9,13-14,16-17H,4,7-8,10-12,15H2,1-3H3,(H,21,22);1H. The summed E-state index contributed by atoms with van der Waals surface area (Å²) in [5.74, 6) is 2.34. The molecule has 1 aliphatic rings. The van der Waals surface area contributed by atoms with Crippen LogP contribution in [-0.4, -0.2) is 46.8 Å². The molecule has 0 amide bonds. The summed E-state index contributed by atoms with van der Waals surface area (Å²) in [5, 5.41) is 9.93. The molecule has 0 aliphatic carbocycles. The predicted octanol–water partition coefficient (Wildman–Crippen LogP) is 3.81. The fourth-order valence-electron chi connectivity index (χ4n) is 3.61. The molecule has 2 aromatic heterocycles. The molecule has 2 unspecified atom stereocenters. The number of hydrogen-bond acceptors (Lipinski definition) is 3. The summed E-state index contributed by atoms with van der Waals surface area (Å²) >= 11 is 1.84. The van der Waals surface area contributed by atoms with E-state index < -0.39 is 0 Å². The van der Waals surface area contributed by atoms with Crippen LogP contribution in [0.25, 0.3) is 0 Å². The third kappa shape index (κ3) is 6.78. The Hall–Kier alpha value is -1.09. The average Bonchev–Trinajstić information content (AvgIpc) is 3.35. The molecule has 0 spiro atoms. The first-order valence-electron chi connectivity index (χ1n) is 9.67. The molecular weight excluding hydrogens is 469 g/mol. The van der Waals surface area contributed by atoms with Crippen molar-refractivity contribution in [2.75, 3.05) is 26.2 Å². The zero-order chi connectivity index (χ0) is 18.4. The highest BCUT2D eigenvalue weighted by Gasteiger charge is 2.25. The van der Waals surface area contributed by atoms with Crippen LogP contribution >= 0.6 is 35.3 Å². The lowest BCUT2D eigenvalue weighted by Crippen LogP contribution is -2.40. The van der Waals surface area contributed by atoms with E-state index in [1.165, 1.54) is 16.9 Å². The molecule has 2 aromatic rings. The van der Waals surface area contributed by atoms with Gasteiger partial charge < -0.3 is 10.2 Å². The number of aliphatic imine (C=N–C) groups is 1. The zero-order valence-electron chi connectivity index (χ0n) is 16.6. The molecule has 1 saturated heterocycles. The van der Waals surface area contributed by atoms with Crippen LogP contribution in [0.5, 0.6) is 0 Å². The third-order valence-electron chi connectivity index (χ3n) is 4.89. The summed E-state index contributed by atoms with van der Waals surface area (Å²) < 4.78 is 1.89. The van der Waals surface area contributed by atoms with Gasteiger partial charge in [-0.2, -0.15) is 5.10 Å². The van der Waals surface area contributed by atoms with Crippen LogP contribution in [0.15, 0.2) is 34.9 Å². The van der Waals surface area contributed by atoms with E-state index >= 15 is 0 Å². The van der Waals surface area contributed by atoms with Crippen LogP contribution in [0.3, 0.4) is 0 Å². The lowest BCUT2D eigenvalue weighted by atomic mass is 10.0. The first kappa shape index (κ1) is 22.2. The monoisotopic (exact) mass is 501 g/mol. The minimum absolute atomic E-state index is 0. The topological polar surface area (TPSA) is 45.5 Å². The van der Waals surface area contributed by atoms with Crippen molar-refractivity contribution in [2.45, 2.75) is 33.1 Å². The fourth-order valence-corrected chi connectivity index (χ4v) is 4.48. The number of likely N-dealkylation sites (tertiary alicyclic amines) is 1. The predicted molar refractivity (Wildman–Crippen MR) is 125 cm³/mol. The first-order valence-corrected chi connectivity index (χ1v) is 10.5. The van der Waals surface area contributed by atoms with Crippen LogP contribution in [0.2, 0.25) is 0 Å². The Morgan fingerprint density at radius 1 is 1.48 bits per heavy atom. The summed E-state index contributed by atoms with van der Waals surface area (Å²) in [6.07, 6.45) is 7.58. The summed E-state index contributed by atoms with van der Waals surface area (Å²) in [6, 6.07) is 4.35. The Balaban J connectivity index is 0.00000261. The Kier molecular flexibility index (Phi) is 9.08. The molecule has 0 radical (unpaired) electrons. The van der Waals surface area contributed by atoms with Crippen LogP contribution < -0.4 is 5.32 Å². The number of guanidine groups is 1. The maximum absolute atomic E-state index is 4.94. The maximum Gasteiger partial charge on any atom is 0.193 e. The van der Waals surface area contributed by atoms with Gasteiger partial charge in [-0.1, -0.05) is 13.0 Å². The van der Waals surface area contributed by atoms with E-state index in [4.69, 9.17) is 4.99 Å². The van der Waals surface area contributed by atoms with Gasteiger partial charge >= 0.3 is 0 Å². The largest absolute Gasteiger partial charge is 0.357 e. The van der Waals surface area contributed by atoms with E-state index in [0.717, 1.165) is 45.0 Å². The second kappa shape index (κ2) is 11.0. The highest BCUT2D eigenvalue weighted by molar-refractivity contribution is 14.0. The number of halogens is 1. The van der Waals surface area contributed by atoms with Crippen LogP contribution in [0, 0.1) is 11.8 Å². The fraction of sp³-hybridized carbons (Fsp3) is 0.600. The lowest BCUT2D eigenvalue weighted by Gasteiger charge is -2.22. The molecule has 2 atom stereocenters.